The number of carbonyl (C=O) groups is 2. The van der Waals surface area contributed by atoms with Gasteiger partial charge in [-0.3, -0.25) is 39.7 Å². The molecule has 8 heterocycles. The lowest BCUT2D eigenvalue weighted by Gasteiger charge is -2.22. The molecule has 0 unspecified atom stereocenters. The molecular formula is C100H89Cl4F4N19O7. The molecule has 8 fully saturated rings. The summed E-state index contributed by atoms with van der Waals surface area (Å²) in [7, 11) is 0. The van der Waals surface area contributed by atoms with E-state index in [1.807, 2.05) is 18.2 Å². The molecule has 34 heteroatoms. The number of nitrogens with one attached hydrogen (secondary N) is 5. The first-order valence-corrected chi connectivity index (χ1v) is 44.8. The van der Waals surface area contributed by atoms with Crippen LogP contribution in [0.5, 0.6) is 0 Å². The Hall–Kier alpha value is -13.5. The number of hydrogen-bond donors (Lipinski definition) is 7. The summed E-state index contributed by atoms with van der Waals surface area (Å²) in [6.45, 7) is 27.7. The number of nitro groups is 2. The Kier molecular flexibility index (Phi) is 27.0. The second kappa shape index (κ2) is 38.6. The van der Waals surface area contributed by atoms with Gasteiger partial charge in [-0.2, -0.15) is 0 Å². The number of rotatable bonds is 17. The van der Waals surface area contributed by atoms with E-state index in [4.69, 9.17) is 57.2 Å². The number of allylic oxidation sites excluding steroid dienone is 1. The number of fused-ring (bicyclic) bond motifs is 8. The molecule has 4 aromatic heterocycles. The van der Waals surface area contributed by atoms with Crippen LogP contribution in [-0.2, 0) is 16.0 Å². The van der Waals surface area contributed by atoms with Crippen molar-refractivity contribution in [1.82, 2.24) is 59.9 Å². The van der Waals surface area contributed by atoms with Gasteiger partial charge in [0.15, 0.2) is 29.1 Å². The number of aromatic nitrogens is 8. The van der Waals surface area contributed by atoms with Gasteiger partial charge in [0.2, 0.25) is 0 Å². The van der Waals surface area contributed by atoms with Crippen molar-refractivity contribution in [3.05, 3.63) is 263 Å². The third kappa shape index (κ3) is 20.2. The van der Waals surface area contributed by atoms with Crippen LogP contribution in [0.2, 0.25) is 20.1 Å². The first kappa shape index (κ1) is 93.7. The maximum Gasteiger partial charge on any atom is 0.327 e. The number of nitro benzene ring substituents is 2. The molecular weight excluding hydrogens is 1800 g/mol. The number of hydrogen-bond acceptors (Lipinski definition) is 23. The summed E-state index contributed by atoms with van der Waals surface area (Å²) < 4.78 is 57.4. The summed E-state index contributed by atoms with van der Waals surface area (Å²) in [5.74, 6) is 26.7. The van der Waals surface area contributed by atoms with Gasteiger partial charge < -0.3 is 37.4 Å². The Labute approximate surface area is 789 Å². The van der Waals surface area contributed by atoms with Crippen LogP contribution < -0.4 is 32.3 Å². The molecule has 8 aromatic carbocycles. The maximum absolute atomic E-state index is 14.5. The zero-order valence-electron chi connectivity index (χ0n) is 73.5. The number of carboxylic acid groups (broad SMARTS) is 1. The minimum absolute atomic E-state index is 0.0175. The van der Waals surface area contributed by atoms with Gasteiger partial charge in [-0.1, -0.05) is 131 Å². The monoisotopic (exact) mass is 1880 g/mol. The van der Waals surface area contributed by atoms with Gasteiger partial charge in [0.05, 0.1) is 74.8 Å². The van der Waals surface area contributed by atoms with E-state index < -0.39 is 39.1 Å². The summed E-state index contributed by atoms with van der Waals surface area (Å²) >= 11 is 23.5. The smallest absolute Gasteiger partial charge is 0.327 e. The van der Waals surface area contributed by atoms with E-state index in [2.05, 4.69) is 183 Å². The fourth-order valence-corrected chi connectivity index (χ4v) is 18.2. The number of benzene rings is 8. The molecule has 8 N–H and O–H groups in total. The Bertz CT molecular complexity index is 7100. The lowest BCUT2D eigenvalue weighted by Crippen LogP contribution is -2.31. The topological polar surface area (TPSA) is 340 Å². The molecule has 8 aliphatic rings. The molecule has 4 saturated heterocycles. The first-order valence-electron chi connectivity index (χ1n) is 43.3. The van der Waals surface area contributed by atoms with Crippen LogP contribution in [0, 0.1) is 136 Å². The summed E-state index contributed by atoms with van der Waals surface area (Å²) in [5.41, 5.74) is 12.5. The van der Waals surface area contributed by atoms with E-state index in [1.54, 1.807) is 54.6 Å². The molecule has 20 rings (SSSR count). The van der Waals surface area contributed by atoms with Gasteiger partial charge in [0, 0.05) is 149 Å². The minimum Gasteiger partial charge on any atom is -0.478 e. The van der Waals surface area contributed by atoms with E-state index >= 15 is 0 Å². The summed E-state index contributed by atoms with van der Waals surface area (Å²) in [5, 5.41) is 48.3. The van der Waals surface area contributed by atoms with Crippen molar-refractivity contribution in [2.75, 3.05) is 79.4 Å². The van der Waals surface area contributed by atoms with E-state index in [1.165, 1.54) is 79.9 Å². The third-order valence-corrected chi connectivity index (χ3v) is 26.9. The molecule has 134 heavy (non-hydrogen) atoms. The number of aliphatic carboxylic acids is 1. The third-order valence-electron chi connectivity index (χ3n) is 25.7. The molecule has 0 bridgehead atoms. The molecule has 12 aromatic rings. The van der Waals surface area contributed by atoms with Crippen LogP contribution in [-0.4, -0.2) is 152 Å². The maximum atomic E-state index is 14.5. The number of carbonyl (C=O) groups excluding carboxylic acids is 1. The van der Waals surface area contributed by atoms with Crippen LogP contribution in [0.3, 0.4) is 0 Å². The SMILES string of the molecule is C=CC(=O)Cc1cc2c(Nc3cccc(Cl)c3F)ncnc2cc1C#C[C@]12C[C@H]1CN(C(C)C)C2.C=CC(=O)O.CC(C)N1C[C@@H]2C[C@]2(C#Cc2cc3ncnc(Nc4cccc(Cl)c4F)c3cc2N)C1.CC(C)N1C[C@@H]2C[C@]2(C#Cc2cc3ncnc(Nc4cccc(Cl)c4F)c3cc2[N+](=O)[O-])C1.O=[N+]([O-])c1cc2c(Nc3cccc(Cl)c3F)ncnc2cc1C#C[C@@]12CNC[C@@H]1C2. The van der Waals surface area contributed by atoms with Gasteiger partial charge in [-0.25, -0.2) is 62.2 Å². The molecule has 4 aliphatic heterocycles. The molecule has 4 saturated carbocycles. The fourth-order valence-electron chi connectivity index (χ4n) is 17.5. The minimum atomic E-state index is -0.981. The van der Waals surface area contributed by atoms with E-state index in [0.29, 0.717) is 114 Å². The van der Waals surface area contributed by atoms with Crippen molar-refractivity contribution in [3.8, 4) is 47.4 Å². The number of anilines is 9. The molecule has 0 amide bonds. The van der Waals surface area contributed by atoms with Crippen LogP contribution in [0.25, 0.3) is 43.6 Å². The highest BCUT2D eigenvalue weighted by molar-refractivity contribution is 6.32. The number of halogens is 8. The van der Waals surface area contributed by atoms with Crippen molar-refractivity contribution >= 4 is 165 Å². The van der Waals surface area contributed by atoms with Crippen molar-refractivity contribution in [2.45, 2.75) is 91.8 Å². The number of ketones is 1. The molecule has 8 atom stereocenters. The number of carboxylic acids is 1. The first-order chi connectivity index (χ1) is 64.2. The second-order valence-corrected chi connectivity index (χ2v) is 37.0. The van der Waals surface area contributed by atoms with Gasteiger partial charge in [0.1, 0.15) is 59.7 Å². The summed E-state index contributed by atoms with van der Waals surface area (Å²) in [6.07, 6.45) is 12.2. The van der Waals surface area contributed by atoms with Crippen molar-refractivity contribution in [3.63, 3.8) is 0 Å². The standard InChI is InChI=1S/C28H26ClFN4O.C24H21ClFN5O2.C24H23ClFN5.C21H15ClFN5O2.C3H4O2/c1-4-21(35)10-19-11-22-25(31-16-32-27(22)33-24-7-5-6-23(29)26(24)30)12-18(19)8-9-28-13-20(28)14-34(15-28)17(2)3;1-14(2)30-11-16-10-24(16,12-30)7-6-15-8-20-17(9-21(15)31(32)33)23(28-13-27-20)29-19-5-3-4-18(25)22(19)26;1-14(2)31-11-16-10-24(16,12-31)7-6-15-8-21-17(9-19(15)27)23(29-13-28-21)30-20-5-3-4-18(25)22(20)26;22-15-2-1-3-16(19(15)23)27-20-14-7-18(28(29)30)12(6-17(14)25-11-26-20)4-5-21-8-13(21)9-24-10-21;1-2-3(4)5/h4-7,11-12,16-17,20H,1,10,13-15H2,2-3H3,(H,31,32,33);3-5,8-9,13-14,16H,10-12H2,1-2H3,(H,27,28,29);3-5,8-9,13-14,16H,10-12,27H2,1-2H3,(H,28,29,30);1-3,6-7,11,13,24H,8-10H2,(H,25,26,27);2H,1H2,(H,4,5)/t20-,28+;2*16-,24+;13-,21+;/m0000./s1. The quantitative estimate of drug-likeness (QED) is 0.0111. The van der Waals surface area contributed by atoms with Crippen molar-refractivity contribution in [1.29, 1.82) is 0 Å². The van der Waals surface area contributed by atoms with Crippen LogP contribution in [0.4, 0.5) is 80.6 Å². The summed E-state index contributed by atoms with van der Waals surface area (Å²) in [4.78, 5) is 85.7. The van der Waals surface area contributed by atoms with Crippen LogP contribution >= 0.6 is 46.4 Å². The van der Waals surface area contributed by atoms with Crippen LogP contribution in [0.15, 0.2) is 172 Å². The molecule has 0 spiro atoms. The number of nitrogens with zero attached hydrogens (tertiary/aromatic N) is 13. The van der Waals surface area contributed by atoms with E-state index in [0.717, 1.165) is 101 Å². The Morgan fingerprint density at radius 1 is 0.485 bits per heavy atom. The number of likely N-dealkylation sites (tertiary alicyclic amines) is 3. The van der Waals surface area contributed by atoms with Gasteiger partial charge in [-0.15, -0.1) is 0 Å². The highest BCUT2D eigenvalue weighted by Crippen LogP contribution is 2.60. The molecule has 4 aliphatic carbocycles. The largest absolute Gasteiger partial charge is 0.478 e. The van der Waals surface area contributed by atoms with Gasteiger partial charge in [-0.05, 0) is 194 Å². The Morgan fingerprint density at radius 2 is 0.799 bits per heavy atom. The van der Waals surface area contributed by atoms with Gasteiger partial charge >= 0.3 is 5.97 Å². The molecule has 0 radical (unpaired) electrons. The highest BCUT2D eigenvalue weighted by atomic mass is 35.5. The fraction of sp³-hybridized carbons (Fsp3) is 0.300. The second-order valence-electron chi connectivity index (χ2n) is 35.4. The number of piperidine rings is 4. The van der Waals surface area contributed by atoms with Gasteiger partial charge in [0.25, 0.3) is 11.4 Å². The Balaban J connectivity index is 0.000000128. The Morgan fingerprint density at radius 3 is 1.11 bits per heavy atom. The number of nitrogen functional groups attached to an aromatic ring is 1. The van der Waals surface area contributed by atoms with E-state index in [9.17, 15) is 47.4 Å². The highest BCUT2D eigenvalue weighted by Gasteiger charge is 2.62. The molecule has 682 valence electrons. The average Bonchev–Trinajstić information content (AvgIpc) is 1.59. The predicted molar refractivity (Wildman–Crippen MR) is 514 cm³/mol. The zero-order chi connectivity index (χ0) is 95.0. The normalized spacial score (nSPS) is 21.0. The lowest BCUT2D eigenvalue weighted by atomic mass is 9.98. The zero-order valence-corrected chi connectivity index (χ0v) is 76.5. The summed E-state index contributed by atoms with van der Waals surface area (Å²) in [6, 6.07) is 33.5. The van der Waals surface area contributed by atoms with Crippen molar-refractivity contribution in [2.24, 2.45) is 45.3 Å². The average molecular weight is 1890 g/mol. The van der Waals surface area contributed by atoms with Crippen molar-refractivity contribution < 1.29 is 42.1 Å². The van der Waals surface area contributed by atoms with Crippen LogP contribution in [0.1, 0.15) is 95.0 Å². The lowest BCUT2D eigenvalue weighted by molar-refractivity contribution is -0.385. The van der Waals surface area contributed by atoms with E-state index in [-0.39, 0.29) is 99.7 Å². The molecule has 26 nitrogen and oxygen atoms in total. The predicted octanol–water partition coefficient (Wildman–Crippen LogP) is 19.8. The number of nitrogens with two attached hydrogens (primary N) is 1.